The van der Waals surface area contributed by atoms with E-state index in [-0.39, 0.29) is 0 Å². The van der Waals surface area contributed by atoms with Crippen LogP contribution in [0.2, 0.25) is 0 Å². The highest BCUT2D eigenvalue weighted by atomic mass is 15.2. The Balaban J connectivity index is 1.91. The second kappa shape index (κ2) is 6.99. The van der Waals surface area contributed by atoms with Crippen molar-refractivity contribution < 1.29 is 0 Å². The zero-order valence-electron chi connectivity index (χ0n) is 13.2. The first-order chi connectivity index (χ1) is 9.56. The molecule has 2 rings (SSSR count). The first-order valence-electron chi connectivity index (χ1n) is 7.52. The molecular weight excluding hydrogens is 250 g/mol. The maximum Gasteiger partial charge on any atom is 0.144 e. The molecule has 0 aliphatic carbocycles. The smallest absolute Gasteiger partial charge is 0.144 e. The van der Waals surface area contributed by atoms with E-state index in [1.165, 1.54) is 19.5 Å². The molecular formula is C15H27N5. The molecule has 5 heteroatoms. The van der Waals surface area contributed by atoms with Crippen molar-refractivity contribution >= 4 is 5.82 Å². The van der Waals surface area contributed by atoms with Crippen molar-refractivity contribution in [3.05, 3.63) is 17.6 Å². The fraction of sp³-hybridized carbons (Fsp3) is 0.733. The van der Waals surface area contributed by atoms with E-state index in [0.717, 1.165) is 42.9 Å². The van der Waals surface area contributed by atoms with E-state index < -0.39 is 0 Å². The van der Waals surface area contributed by atoms with Crippen LogP contribution in [0.5, 0.6) is 0 Å². The molecule has 1 aromatic rings. The molecule has 112 valence electrons. The van der Waals surface area contributed by atoms with E-state index in [1.54, 1.807) is 0 Å². The third-order valence-corrected chi connectivity index (χ3v) is 3.73. The topological polar surface area (TPSA) is 44.3 Å². The molecule has 2 heterocycles. The van der Waals surface area contributed by atoms with Crippen LogP contribution in [0, 0.1) is 12.8 Å². The number of anilines is 1. The molecule has 1 atom stereocenters. The minimum Gasteiger partial charge on any atom is -0.370 e. The molecule has 0 aromatic carbocycles. The number of hydrogen-bond donors (Lipinski definition) is 1. The van der Waals surface area contributed by atoms with E-state index in [1.807, 2.05) is 13.0 Å². The summed E-state index contributed by atoms with van der Waals surface area (Å²) in [5, 5.41) is 3.26. The van der Waals surface area contributed by atoms with Gasteiger partial charge >= 0.3 is 0 Å². The molecule has 1 N–H and O–H groups in total. The van der Waals surface area contributed by atoms with Crippen LogP contribution in [0.4, 0.5) is 5.82 Å². The van der Waals surface area contributed by atoms with Crippen LogP contribution < -0.4 is 5.32 Å². The van der Waals surface area contributed by atoms with Crippen molar-refractivity contribution in [2.75, 3.05) is 45.6 Å². The molecule has 0 spiro atoms. The zero-order valence-corrected chi connectivity index (χ0v) is 13.2. The van der Waals surface area contributed by atoms with Gasteiger partial charge in [-0.05, 0) is 46.8 Å². The van der Waals surface area contributed by atoms with Crippen LogP contribution in [0.1, 0.15) is 24.9 Å². The minimum absolute atomic E-state index is 0.781. The summed E-state index contributed by atoms with van der Waals surface area (Å²) in [5.74, 6) is 2.63. The van der Waals surface area contributed by atoms with Crippen LogP contribution in [0.3, 0.4) is 0 Å². The number of likely N-dealkylation sites (tertiary alicyclic amines) is 1. The molecule has 1 aliphatic rings. The molecule has 0 amide bonds. The van der Waals surface area contributed by atoms with Crippen LogP contribution in [0.15, 0.2) is 6.07 Å². The zero-order chi connectivity index (χ0) is 14.5. The Labute approximate surface area is 122 Å². The largest absolute Gasteiger partial charge is 0.370 e. The molecule has 0 saturated carbocycles. The van der Waals surface area contributed by atoms with Gasteiger partial charge < -0.3 is 10.2 Å². The third-order valence-electron chi connectivity index (χ3n) is 3.73. The highest BCUT2D eigenvalue weighted by molar-refractivity contribution is 5.35. The van der Waals surface area contributed by atoms with Gasteiger partial charge in [-0.1, -0.05) is 0 Å². The van der Waals surface area contributed by atoms with E-state index in [9.17, 15) is 0 Å². The first kappa shape index (κ1) is 15.2. The number of aryl methyl sites for hydroxylation is 1. The van der Waals surface area contributed by atoms with E-state index >= 15 is 0 Å². The van der Waals surface area contributed by atoms with E-state index in [2.05, 4.69) is 46.1 Å². The first-order valence-corrected chi connectivity index (χ1v) is 7.52. The lowest BCUT2D eigenvalue weighted by atomic mass is 10.1. The lowest BCUT2D eigenvalue weighted by Gasteiger charge is -2.20. The summed E-state index contributed by atoms with van der Waals surface area (Å²) in [4.78, 5) is 13.9. The number of aromatic nitrogens is 2. The Bertz CT molecular complexity index is 434. The monoisotopic (exact) mass is 277 g/mol. The Kier molecular flexibility index (Phi) is 5.31. The number of nitrogens with one attached hydrogen (secondary N) is 1. The van der Waals surface area contributed by atoms with Crippen LogP contribution in [-0.2, 0) is 6.54 Å². The Hall–Kier alpha value is -1.20. The molecule has 1 saturated heterocycles. The van der Waals surface area contributed by atoms with Gasteiger partial charge in [0.2, 0.25) is 0 Å². The molecule has 1 aliphatic heterocycles. The van der Waals surface area contributed by atoms with Crippen molar-refractivity contribution in [1.29, 1.82) is 0 Å². The third kappa shape index (κ3) is 4.42. The molecule has 0 radical (unpaired) electrons. The average Bonchev–Trinajstić information content (AvgIpc) is 2.74. The molecule has 0 bridgehead atoms. The van der Waals surface area contributed by atoms with Crippen molar-refractivity contribution in [2.45, 2.75) is 26.8 Å². The van der Waals surface area contributed by atoms with Gasteiger partial charge in [0.05, 0.1) is 6.54 Å². The summed E-state index contributed by atoms with van der Waals surface area (Å²) >= 11 is 0. The number of hydrogen-bond acceptors (Lipinski definition) is 5. The summed E-state index contributed by atoms with van der Waals surface area (Å²) < 4.78 is 0. The highest BCUT2D eigenvalue weighted by Gasteiger charge is 2.21. The minimum atomic E-state index is 0.781. The average molecular weight is 277 g/mol. The predicted octanol–water partition coefficient (Wildman–Crippen LogP) is 1.60. The van der Waals surface area contributed by atoms with Gasteiger partial charge in [-0.3, -0.25) is 4.90 Å². The van der Waals surface area contributed by atoms with Crippen molar-refractivity contribution in [3.63, 3.8) is 0 Å². The van der Waals surface area contributed by atoms with Crippen LogP contribution in [-0.4, -0.2) is 60.0 Å². The van der Waals surface area contributed by atoms with E-state index in [0.29, 0.717) is 0 Å². The van der Waals surface area contributed by atoms with Crippen molar-refractivity contribution in [1.82, 2.24) is 19.8 Å². The lowest BCUT2D eigenvalue weighted by Crippen LogP contribution is -2.28. The van der Waals surface area contributed by atoms with E-state index in [4.69, 9.17) is 0 Å². The molecule has 5 nitrogen and oxygen atoms in total. The summed E-state index contributed by atoms with van der Waals surface area (Å²) in [6, 6.07) is 2.00. The standard InChI is InChI=1S/C15H27N5/c1-5-16-14-8-12(2)17-15(18-14)11-20(4)10-13-6-7-19(3)9-13/h8,13H,5-7,9-11H2,1-4H3,(H,16,17,18). The Morgan fingerprint density at radius 2 is 2.25 bits per heavy atom. The summed E-state index contributed by atoms with van der Waals surface area (Å²) in [6.07, 6.45) is 1.30. The fourth-order valence-corrected chi connectivity index (χ4v) is 2.89. The summed E-state index contributed by atoms with van der Waals surface area (Å²) in [7, 11) is 4.36. The SMILES string of the molecule is CCNc1cc(C)nc(CN(C)CC2CCN(C)C2)n1. The summed E-state index contributed by atoms with van der Waals surface area (Å²) in [6.45, 7) is 9.38. The quantitative estimate of drug-likeness (QED) is 0.855. The van der Waals surface area contributed by atoms with Gasteiger partial charge in [-0.25, -0.2) is 9.97 Å². The molecule has 1 aromatic heterocycles. The highest BCUT2D eigenvalue weighted by Crippen LogP contribution is 2.16. The normalized spacial score (nSPS) is 19.8. The van der Waals surface area contributed by atoms with Crippen molar-refractivity contribution in [3.8, 4) is 0 Å². The van der Waals surface area contributed by atoms with Gasteiger partial charge in [0.15, 0.2) is 0 Å². The van der Waals surface area contributed by atoms with Gasteiger partial charge in [-0.15, -0.1) is 0 Å². The van der Waals surface area contributed by atoms with Crippen molar-refractivity contribution in [2.24, 2.45) is 5.92 Å². The van der Waals surface area contributed by atoms with Gasteiger partial charge in [0, 0.05) is 31.4 Å². The second-order valence-electron chi connectivity index (χ2n) is 5.95. The maximum absolute atomic E-state index is 4.58. The molecule has 1 unspecified atom stereocenters. The molecule has 1 fully saturated rings. The Morgan fingerprint density at radius 3 is 2.90 bits per heavy atom. The molecule has 20 heavy (non-hydrogen) atoms. The fourth-order valence-electron chi connectivity index (χ4n) is 2.89. The number of nitrogens with zero attached hydrogens (tertiary/aromatic N) is 4. The Morgan fingerprint density at radius 1 is 1.45 bits per heavy atom. The van der Waals surface area contributed by atoms with Gasteiger partial charge in [0.25, 0.3) is 0 Å². The summed E-state index contributed by atoms with van der Waals surface area (Å²) in [5.41, 5.74) is 1.03. The second-order valence-corrected chi connectivity index (χ2v) is 5.95. The predicted molar refractivity (Wildman–Crippen MR) is 82.9 cm³/mol. The van der Waals surface area contributed by atoms with Crippen LogP contribution in [0.25, 0.3) is 0 Å². The maximum atomic E-state index is 4.58. The van der Waals surface area contributed by atoms with Crippen LogP contribution >= 0.6 is 0 Å². The lowest BCUT2D eigenvalue weighted by molar-refractivity contribution is 0.262. The van der Waals surface area contributed by atoms with Gasteiger partial charge in [-0.2, -0.15) is 0 Å². The van der Waals surface area contributed by atoms with Gasteiger partial charge in [0.1, 0.15) is 11.6 Å². The number of rotatable bonds is 6.